The summed E-state index contributed by atoms with van der Waals surface area (Å²) < 4.78 is 10.2. The number of rotatable bonds is 5. The molecule has 0 aromatic heterocycles. The molecule has 0 radical (unpaired) electrons. The number of halogens is 2. The SMILES string of the molecule is CCOC(CN)OCC.ClCCl. The number of ether oxygens (including phenoxy) is 2. The predicted molar refractivity (Wildman–Crippen MR) is 52.7 cm³/mol. The van der Waals surface area contributed by atoms with E-state index in [2.05, 4.69) is 0 Å². The fraction of sp³-hybridized carbons (Fsp3) is 1.00. The molecule has 0 aliphatic rings. The van der Waals surface area contributed by atoms with Gasteiger partial charge < -0.3 is 15.2 Å². The van der Waals surface area contributed by atoms with Crippen LogP contribution in [0.5, 0.6) is 0 Å². The van der Waals surface area contributed by atoms with E-state index in [4.69, 9.17) is 38.4 Å². The molecule has 0 fully saturated rings. The van der Waals surface area contributed by atoms with E-state index in [0.717, 1.165) is 0 Å². The molecule has 0 spiro atoms. The molecular formula is C7H17Cl2NO2. The highest BCUT2D eigenvalue weighted by atomic mass is 35.5. The molecule has 5 heteroatoms. The zero-order valence-corrected chi connectivity index (χ0v) is 9.07. The van der Waals surface area contributed by atoms with Gasteiger partial charge in [0.2, 0.25) is 0 Å². The van der Waals surface area contributed by atoms with Gasteiger partial charge in [0.25, 0.3) is 0 Å². The molecule has 0 heterocycles. The molecule has 0 saturated heterocycles. The lowest BCUT2D eigenvalue weighted by Gasteiger charge is -2.13. The van der Waals surface area contributed by atoms with Gasteiger partial charge in [0.15, 0.2) is 6.29 Å². The number of hydrogen-bond donors (Lipinski definition) is 1. The van der Waals surface area contributed by atoms with Crippen molar-refractivity contribution in [1.29, 1.82) is 0 Å². The van der Waals surface area contributed by atoms with Gasteiger partial charge in [0.05, 0.1) is 5.34 Å². The topological polar surface area (TPSA) is 44.5 Å². The van der Waals surface area contributed by atoms with Crippen molar-refractivity contribution in [2.75, 3.05) is 25.1 Å². The van der Waals surface area contributed by atoms with Crippen LogP contribution in [0, 0.1) is 0 Å². The monoisotopic (exact) mass is 217 g/mol. The van der Waals surface area contributed by atoms with E-state index in [1.807, 2.05) is 13.8 Å². The van der Waals surface area contributed by atoms with Gasteiger partial charge in [-0.2, -0.15) is 0 Å². The lowest BCUT2D eigenvalue weighted by Crippen LogP contribution is -2.26. The van der Waals surface area contributed by atoms with Crippen LogP contribution in [0.3, 0.4) is 0 Å². The van der Waals surface area contributed by atoms with Gasteiger partial charge in [-0.1, -0.05) is 0 Å². The quantitative estimate of drug-likeness (QED) is 0.564. The fourth-order valence-corrected chi connectivity index (χ4v) is 0.556. The summed E-state index contributed by atoms with van der Waals surface area (Å²) in [4.78, 5) is 0. The second-order valence-electron chi connectivity index (χ2n) is 1.68. The summed E-state index contributed by atoms with van der Waals surface area (Å²) in [5.41, 5.74) is 5.29. The third kappa shape index (κ3) is 13.1. The molecule has 0 rings (SSSR count). The minimum absolute atomic E-state index is 0.194. The highest BCUT2D eigenvalue weighted by Crippen LogP contribution is 1.90. The Kier molecular flexibility index (Phi) is 17.5. The molecule has 3 nitrogen and oxygen atoms in total. The Hall–Kier alpha value is 0.460. The summed E-state index contributed by atoms with van der Waals surface area (Å²) in [7, 11) is 0. The minimum atomic E-state index is -0.208. The van der Waals surface area contributed by atoms with Crippen molar-refractivity contribution < 1.29 is 9.47 Å². The van der Waals surface area contributed by atoms with E-state index in [1.54, 1.807) is 0 Å². The average Bonchev–Trinajstić information content (AvgIpc) is 2.05. The maximum Gasteiger partial charge on any atom is 0.169 e. The summed E-state index contributed by atoms with van der Waals surface area (Å²) in [6.07, 6.45) is -0.208. The Morgan fingerprint density at radius 1 is 1.17 bits per heavy atom. The van der Waals surface area contributed by atoms with E-state index < -0.39 is 0 Å². The first kappa shape index (κ1) is 15.0. The Bertz CT molecular complexity index is 70.4. The first-order valence-electron chi connectivity index (χ1n) is 3.81. The van der Waals surface area contributed by atoms with Gasteiger partial charge in [-0.05, 0) is 13.8 Å². The molecule has 0 unspecified atom stereocenters. The summed E-state index contributed by atoms with van der Waals surface area (Å²) in [6.45, 7) is 5.58. The molecule has 2 N–H and O–H groups in total. The minimum Gasteiger partial charge on any atom is -0.352 e. The van der Waals surface area contributed by atoms with Crippen LogP contribution in [0.15, 0.2) is 0 Å². The van der Waals surface area contributed by atoms with Gasteiger partial charge in [-0.3, -0.25) is 0 Å². The van der Waals surface area contributed by atoms with Crippen molar-refractivity contribution in [2.24, 2.45) is 5.73 Å². The lowest BCUT2D eigenvalue weighted by atomic mass is 10.6. The van der Waals surface area contributed by atoms with Gasteiger partial charge in [-0.15, -0.1) is 23.2 Å². The van der Waals surface area contributed by atoms with Crippen LogP contribution in [-0.2, 0) is 9.47 Å². The number of hydrogen-bond acceptors (Lipinski definition) is 3. The van der Waals surface area contributed by atoms with Crippen molar-refractivity contribution in [1.82, 2.24) is 0 Å². The molecular weight excluding hydrogens is 201 g/mol. The van der Waals surface area contributed by atoms with Crippen molar-refractivity contribution in [2.45, 2.75) is 20.1 Å². The highest BCUT2D eigenvalue weighted by molar-refractivity contribution is 6.40. The van der Waals surface area contributed by atoms with E-state index in [1.165, 1.54) is 0 Å². The smallest absolute Gasteiger partial charge is 0.169 e. The predicted octanol–water partition coefficient (Wildman–Crippen LogP) is 1.77. The molecule has 0 atom stereocenters. The van der Waals surface area contributed by atoms with Gasteiger partial charge >= 0.3 is 0 Å². The van der Waals surface area contributed by atoms with Crippen molar-refractivity contribution >= 4 is 23.2 Å². The normalized spacial score (nSPS) is 9.50. The van der Waals surface area contributed by atoms with Gasteiger partial charge in [0.1, 0.15) is 0 Å². The number of alkyl halides is 2. The van der Waals surface area contributed by atoms with Crippen LogP contribution in [0.2, 0.25) is 0 Å². The van der Waals surface area contributed by atoms with E-state index in [0.29, 0.717) is 19.8 Å². The maximum atomic E-state index is 5.29. The van der Waals surface area contributed by atoms with Gasteiger partial charge in [0, 0.05) is 19.8 Å². The third-order valence-electron chi connectivity index (χ3n) is 0.898. The molecule has 0 aliphatic heterocycles. The van der Waals surface area contributed by atoms with E-state index >= 15 is 0 Å². The Balaban J connectivity index is 0. The van der Waals surface area contributed by atoms with Crippen molar-refractivity contribution in [3.8, 4) is 0 Å². The summed E-state index contributed by atoms with van der Waals surface area (Å²) in [5, 5.41) is 0.194. The van der Waals surface area contributed by atoms with Gasteiger partial charge in [-0.25, -0.2) is 0 Å². The van der Waals surface area contributed by atoms with Crippen LogP contribution in [0.1, 0.15) is 13.8 Å². The largest absolute Gasteiger partial charge is 0.352 e. The summed E-state index contributed by atoms with van der Waals surface area (Å²) in [5.74, 6) is 0. The summed E-state index contributed by atoms with van der Waals surface area (Å²) in [6, 6.07) is 0. The maximum absolute atomic E-state index is 5.29. The third-order valence-corrected chi connectivity index (χ3v) is 0.898. The van der Waals surface area contributed by atoms with Crippen LogP contribution in [0.4, 0.5) is 0 Å². The molecule has 12 heavy (non-hydrogen) atoms. The Morgan fingerprint density at radius 3 is 1.67 bits per heavy atom. The first-order chi connectivity index (χ1) is 5.76. The second kappa shape index (κ2) is 14.0. The highest BCUT2D eigenvalue weighted by Gasteiger charge is 2.01. The second-order valence-corrected chi connectivity index (χ2v) is 2.49. The molecule has 0 aromatic rings. The first-order valence-corrected chi connectivity index (χ1v) is 4.88. The zero-order valence-electron chi connectivity index (χ0n) is 7.56. The van der Waals surface area contributed by atoms with E-state index in [-0.39, 0.29) is 11.6 Å². The van der Waals surface area contributed by atoms with E-state index in [9.17, 15) is 0 Å². The molecule has 0 saturated carbocycles. The van der Waals surface area contributed by atoms with Crippen LogP contribution in [-0.4, -0.2) is 31.4 Å². The van der Waals surface area contributed by atoms with Crippen molar-refractivity contribution in [3.63, 3.8) is 0 Å². The van der Waals surface area contributed by atoms with Crippen LogP contribution in [0.25, 0.3) is 0 Å². The summed E-state index contributed by atoms with van der Waals surface area (Å²) >= 11 is 9.53. The van der Waals surface area contributed by atoms with Crippen LogP contribution < -0.4 is 5.73 Å². The average molecular weight is 218 g/mol. The standard InChI is InChI=1S/C6H15NO2.CH2Cl2/c1-3-8-6(5-7)9-4-2;2-1-3/h6H,3-5,7H2,1-2H3;1H2. The lowest BCUT2D eigenvalue weighted by molar-refractivity contribution is -0.128. The molecule has 0 amide bonds. The molecule has 0 aromatic carbocycles. The Morgan fingerprint density at radius 2 is 1.50 bits per heavy atom. The van der Waals surface area contributed by atoms with Crippen LogP contribution >= 0.6 is 23.2 Å². The number of nitrogens with two attached hydrogens (primary N) is 1. The molecule has 0 aliphatic carbocycles. The molecule has 0 bridgehead atoms. The Labute approximate surface area is 84.1 Å². The zero-order chi connectivity index (χ0) is 9.82. The molecule has 76 valence electrons. The van der Waals surface area contributed by atoms with Crippen molar-refractivity contribution in [3.05, 3.63) is 0 Å². The fourth-order valence-electron chi connectivity index (χ4n) is 0.556.